The van der Waals surface area contributed by atoms with Crippen molar-refractivity contribution in [3.8, 4) is 0 Å². The fraction of sp³-hybridized carbons (Fsp3) is 0. The zero-order valence-electron chi connectivity index (χ0n) is 8.60. The van der Waals surface area contributed by atoms with Gasteiger partial charge in [-0.2, -0.15) is 0 Å². The fourth-order valence-electron chi connectivity index (χ4n) is 1.40. The third kappa shape index (κ3) is 2.40. The quantitative estimate of drug-likeness (QED) is 0.851. The van der Waals surface area contributed by atoms with Crippen molar-refractivity contribution < 1.29 is 12.8 Å². The highest BCUT2D eigenvalue weighted by Gasteiger charge is 2.20. The van der Waals surface area contributed by atoms with Crippen molar-refractivity contribution in [2.24, 2.45) is 0 Å². The first-order valence-electron chi connectivity index (χ1n) is 4.77. The second-order valence-corrected chi connectivity index (χ2v) is 6.22. The molecule has 0 aromatic heterocycles. The molecule has 0 heterocycles. The van der Waals surface area contributed by atoms with E-state index in [1.165, 1.54) is 30.3 Å². The van der Waals surface area contributed by atoms with E-state index in [1.54, 1.807) is 12.1 Å². The lowest BCUT2D eigenvalue weighted by molar-refractivity contribution is 0.567. The molecule has 0 saturated carbocycles. The number of sulfone groups is 1. The Kier molecular flexibility index (Phi) is 3.31. The lowest BCUT2D eigenvalue weighted by atomic mass is 10.3. The molecule has 0 aliphatic carbocycles. The van der Waals surface area contributed by atoms with Crippen LogP contribution in [0.25, 0.3) is 0 Å². The van der Waals surface area contributed by atoms with E-state index in [1.807, 2.05) is 0 Å². The number of benzene rings is 2. The molecule has 88 valence electrons. The van der Waals surface area contributed by atoms with E-state index in [2.05, 4.69) is 15.9 Å². The summed E-state index contributed by atoms with van der Waals surface area (Å²) in [6.45, 7) is 0. The third-order valence-corrected chi connectivity index (χ3v) is 4.58. The van der Waals surface area contributed by atoms with Gasteiger partial charge in [0.1, 0.15) is 10.7 Å². The maximum atomic E-state index is 13.5. The highest BCUT2D eigenvalue weighted by atomic mass is 79.9. The minimum atomic E-state index is -3.78. The Balaban J connectivity index is 2.58. The van der Waals surface area contributed by atoms with Crippen LogP contribution in [-0.4, -0.2) is 8.42 Å². The Morgan fingerprint density at radius 2 is 1.53 bits per heavy atom. The van der Waals surface area contributed by atoms with Gasteiger partial charge in [0.15, 0.2) is 0 Å². The maximum absolute atomic E-state index is 13.5. The van der Waals surface area contributed by atoms with Crippen molar-refractivity contribution in [1.82, 2.24) is 0 Å². The molecule has 0 aliphatic heterocycles. The largest absolute Gasteiger partial charge is 0.218 e. The minimum absolute atomic E-state index is 0.0748. The summed E-state index contributed by atoms with van der Waals surface area (Å²) in [6.07, 6.45) is 0. The fourth-order valence-corrected chi connectivity index (χ4v) is 3.00. The summed E-state index contributed by atoms with van der Waals surface area (Å²) in [7, 11) is -3.78. The van der Waals surface area contributed by atoms with E-state index >= 15 is 0 Å². The second kappa shape index (κ2) is 4.58. The molecule has 2 rings (SSSR count). The van der Waals surface area contributed by atoms with Gasteiger partial charge in [-0.3, -0.25) is 0 Å². The third-order valence-electron chi connectivity index (χ3n) is 2.25. The van der Waals surface area contributed by atoms with E-state index in [9.17, 15) is 12.8 Å². The van der Waals surface area contributed by atoms with Gasteiger partial charge < -0.3 is 0 Å². The molecular formula is C12H8BrFO2S. The van der Waals surface area contributed by atoms with E-state index in [0.29, 0.717) is 0 Å². The molecule has 0 aliphatic rings. The van der Waals surface area contributed by atoms with Gasteiger partial charge in [-0.05, 0) is 36.4 Å². The van der Waals surface area contributed by atoms with Crippen LogP contribution in [0.3, 0.4) is 0 Å². The summed E-state index contributed by atoms with van der Waals surface area (Å²) >= 11 is 3.21. The predicted molar refractivity (Wildman–Crippen MR) is 66.0 cm³/mol. The van der Waals surface area contributed by atoms with Crippen molar-refractivity contribution >= 4 is 25.8 Å². The van der Waals surface area contributed by atoms with Crippen LogP contribution in [0.1, 0.15) is 0 Å². The molecule has 0 bridgehead atoms. The zero-order valence-corrected chi connectivity index (χ0v) is 11.0. The van der Waals surface area contributed by atoms with Gasteiger partial charge in [0, 0.05) is 4.47 Å². The summed E-state index contributed by atoms with van der Waals surface area (Å²) in [5.41, 5.74) is 0. The van der Waals surface area contributed by atoms with Crippen LogP contribution in [0.2, 0.25) is 0 Å². The predicted octanol–water partition coefficient (Wildman–Crippen LogP) is 3.42. The van der Waals surface area contributed by atoms with Gasteiger partial charge >= 0.3 is 0 Å². The zero-order chi connectivity index (χ0) is 12.5. The molecule has 5 heteroatoms. The molecule has 0 unspecified atom stereocenters. The van der Waals surface area contributed by atoms with Crippen LogP contribution in [-0.2, 0) is 9.84 Å². The topological polar surface area (TPSA) is 34.1 Å². The summed E-state index contributed by atoms with van der Waals surface area (Å²) in [5, 5.41) is 0. The Morgan fingerprint density at radius 3 is 2.12 bits per heavy atom. The van der Waals surface area contributed by atoms with Crippen LogP contribution in [0.15, 0.2) is 62.8 Å². The van der Waals surface area contributed by atoms with Crippen molar-refractivity contribution in [2.45, 2.75) is 9.79 Å². The van der Waals surface area contributed by atoms with Gasteiger partial charge in [-0.15, -0.1) is 0 Å². The molecule has 0 spiro atoms. The average Bonchev–Trinajstić information content (AvgIpc) is 2.30. The Hall–Kier alpha value is -1.20. The first kappa shape index (κ1) is 12.3. The molecule has 17 heavy (non-hydrogen) atoms. The van der Waals surface area contributed by atoms with Crippen LogP contribution >= 0.6 is 15.9 Å². The highest BCUT2D eigenvalue weighted by molar-refractivity contribution is 9.10. The van der Waals surface area contributed by atoms with E-state index in [4.69, 9.17) is 0 Å². The monoisotopic (exact) mass is 314 g/mol. The molecule has 0 radical (unpaired) electrons. The molecule has 2 aromatic carbocycles. The first-order valence-corrected chi connectivity index (χ1v) is 7.04. The Labute approximate surface area is 107 Å². The number of rotatable bonds is 2. The van der Waals surface area contributed by atoms with Crippen LogP contribution in [0.5, 0.6) is 0 Å². The lowest BCUT2D eigenvalue weighted by Crippen LogP contribution is -2.04. The molecule has 0 fully saturated rings. The Bertz CT molecular complexity index is 636. The van der Waals surface area contributed by atoms with Crippen LogP contribution < -0.4 is 0 Å². The van der Waals surface area contributed by atoms with Crippen molar-refractivity contribution in [1.29, 1.82) is 0 Å². The van der Waals surface area contributed by atoms with Crippen LogP contribution in [0.4, 0.5) is 4.39 Å². The van der Waals surface area contributed by atoms with Gasteiger partial charge in [0.05, 0.1) is 4.90 Å². The van der Waals surface area contributed by atoms with Crippen LogP contribution in [0, 0.1) is 5.82 Å². The van der Waals surface area contributed by atoms with E-state index in [0.717, 1.165) is 10.5 Å². The van der Waals surface area contributed by atoms with Crippen molar-refractivity contribution in [3.63, 3.8) is 0 Å². The molecule has 2 nitrogen and oxygen atoms in total. The standard InChI is InChI=1S/C12H8BrFO2S/c13-9-5-7-10(8-6-9)17(15,16)12-4-2-1-3-11(12)14/h1-8H. The molecule has 0 atom stereocenters. The summed E-state index contributed by atoms with van der Waals surface area (Å²) in [6, 6.07) is 11.4. The first-order chi connectivity index (χ1) is 8.01. The summed E-state index contributed by atoms with van der Waals surface area (Å²) in [5.74, 6) is -0.740. The average molecular weight is 315 g/mol. The normalized spacial score (nSPS) is 11.4. The second-order valence-electron chi connectivity index (χ2n) is 3.39. The van der Waals surface area contributed by atoms with E-state index in [-0.39, 0.29) is 9.79 Å². The molecule has 2 aromatic rings. The lowest BCUT2D eigenvalue weighted by Gasteiger charge is -2.05. The minimum Gasteiger partial charge on any atom is -0.218 e. The number of hydrogen-bond donors (Lipinski definition) is 0. The molecule has 0 amide bonds. The molecule has 0 saturated heterocycles. The van der Waals surface area contributed by atoms with E-state index < -0.39 is 15.7 Å². The van der Waals surface area contributed by atoms with Gasteiger partial charge in [-0.1, -0.05) is 28.1 Å². The summed E-state index contributed by atoms with van der Waals surface area (Å²) in [4.78, 5) is -0.229. The van der Waals surface area contributed by atoms with Gasteiger partial charge in [0.2, 0.25) is 9.84 Å². The summed E-state index contributed by atoms with van der Waals surface area (Å²) < 4.78 is 38.5. The highest BCUT2D eigenvalue weighted by Crippen LogP contribution is 2.24. The Morgan fingerprint density at radius 1 is 0.941 bits per heavy atom. The maximum Gasteiger partial charge on any atom is 0.209 e. The number of hydrogen-bond acceptors (Lipinski definition) is 2. The van der Waals surface area contributed by atoms with Crippen molar-refractivity contribution in [2.75, 3.05) is 0 Å². The van der Waals surface area contributed by atoms with Gasteiger partial charge in [-0.25, -0.2) is 12.8 Å². The van der Waals surface area contributed by atoms with Crippen molar-refractivity contribution in [3.05, 3.63) is 58.8 Å². The molecule has 0 N–H and O–H groups in total. The smallest absolute Gasteiger partial charge is 0.209 e. The number of halogens is 2. The SMILES string of the molecule is O=S(=O)(c1ccc(Br)cc1)c1ccccc1F. The van der Waals surface area contributed by atoms with Gasteiger partial charge in [0.25, 0.3) is 0 Å². The molecular weight excluding hydrogens is 307 g/mol.